The molecule has 1 N–H and O–H groups in total. The van der Waals surface area contributed by atoms with E-state index in [1.165, 1.54) is 6.33 Å². The molecule has 82 valence electrons. The molecule has 4 nitrogen and oxygen atoms in total. The van der Waals surface area contributed by atoms with Crippen LogP contribution in [0.3, 0.4) is 0 Å². The molecule has 1 heterocycles. The van der Waals surface area contributed by atoms with E-state index < -0.39 is 0 Å². The number of hydrogen-bond donors (Lipinski definition) is 1. The summed E-state index contributed by atoms with van der Waals surface area (Å²) < 4.78 is 5.91. The second-order valence-corrected chi connectivity index (χ2v) is 3.93. The third-order valence-electron chi connectivity index (χ3n) is 2.02. The molecule has 0 saturated heterocycles. The van der Waals surface area contributed by atoms with Crippen LogP contribution in [0.5, 0.6) is 5.75 Å². The number of methoxy groups -OCH3 is 1. The van der Waals surface area contributed by atoms with Gasteiger partial charge < -0.3 is 10.1 Å². The molecule has 0 fully saturated rings. The van der Waals surface area contributed by atoms with Crippen LogP contribution in [-0.2, 0) is 0 Å². The molecule has 5 heteroatoms. The smallest absolute Gasteiger partial charge is 0.148 e. The zero-order chi connectivity index (χ0) is 11.4. The van der Waals surface area contributed by atoms with Crippen molar-refractivity contribution < 1.29 is 4.74 Å². The maximum Gasteiger partial charge on any atom is 0.148 e. The molecule has 2 aromatic rings. The Morgan fingerprint density at radius 3 is 2.62 bits per heavy atom. The number of ether oxygens (including phenoxy) is 1. The highest BCUT2D eigenvalue weighted by Gasteiger charge is 2.01. The van der Waals surface area contributed by atoms with Crippen molar-refractivity contribution in [2.75, 3.05) is 12.4 Å². The topological polar surface area (TPSA) is 47.0 Å². The van der Waals surface area contributed by atoms with Crippen LogP contribution in [0.25, 0.3) is 0 Å². The van der Waals surface area contributed by atoms with E-state index in [0.29, 0.717) is 0 Å². The van der Waals surface area contributed by atoms with Gasteiger partial charge in [0.05, 0.1) is 11.6 Å². The summed E-state index contributed by atoms with van der Waals surface area (Å²) in [6.07, 6.45) is 3.19. The zero-order valence-electron chi connectivity index (χ0n) is 8.64. The van der Waals surface area contributed by atoms with E-state index in [4.69, 9.17) is 4.74 Å². The minimum atomic E-state index is 0.736. The summed E-state index contributed by atoms with van der Waals surface area (Å²) in [7, 11) is 1.64. The molecule has 1 aromatic carbocycles. The van der Waals surface area contributed by atoms with E-state index in [9.17, 15) is 0 Å². The molecule has 0 saturated carbocycles. The van der Waals surface area contributed by atoms with Crippen molar-refractivity contribution in [1.82, 2.24) is 9.97 Å². The van der Waals surface area contributed by atoms with Crippen LogP contribution in [0.1, 0.15) is 0 Å². The van der Waals surface area contributed by atoms with Gasteiger partial charge in [0.2, 0.25) is 0 Å². The first-order valence-electron chi connectivity index (χ1n) is 4.66. The molecule has 1 aromatic heterocycles. The average Bonchev–Trinajstić information content (AvgIpc) is 2.33. The van der Waals surface area contributed by atoms with Crippen LogP contribution in [0.15, 0.2) is 41.3 Å². The molecule has 0 bridgehead atoms. The summed E-state index contributed by atoms with van der Waals surface area (Å²) in [4.78, 5) is 8.01. The lowest BCUT2D eigenvalue weighted by molar-refractivity contribution is 0.415. The van der Waals surface area contributed by atoms with Crippen molar-refractivity contribution >= 4 is 27.4 Å². The van der Waals surface area contributed by atoms with Gasteiger partial charge in [-0.1, -0.05) is 0 Å². The zero-order valence-corrected chi connectivity index (χ0v) is 10.2. The van der Waals surface area contributed by atoms with Crippen molar-refractivity contribution in [1.29, 1.82) is 0 Å². The van der Waals surface area contributed by atoms with Gasteiger partial charge in [0.15, 0.2) is 0 Å². The number of rotatable bonds is 3. The third kappa shape index (κ3) is 2.49. The van der Waals surface area contributed by atoms with E-state index in [2.05, 4.69) is 31.2 Å². The molecule has 0 amide bonds. The molecule has 0 aliphatic heterocycles. The van der Waals surface area contributed by atoms with Crippen molar-refractivity contribution in [3.8, 4) is 5.75 Å². The molecule has 0 spiro atoms. The minimum Gasteiger partial charge on any atom is -0.497 e. The lowest BCUT2D eigenvalue weighted by Crippen LogP contribution is -1.95. The normalized spacial score (nSPS) is 9.88. The van der Waals surface area contributed by atoms with E-state index in [1.54, 1.807) is 13.3 Å². The second-order valence-electron chi connectivity index (χ2n) is 3.07. The molecule has 2 rings (SSSR count). The summed E-state index contributed by atoms with van der Waals surface area (Å²) in [6, 6.07) is 7.62. The largest absolute Gasteiger partial charge is 0.497 e. The number of nitrogens with one attached hydrogen (secondary N) is 1. The molecule has 0 unspecified atom stereocenters. The van der Waals surface area contributed by atoms with Gasteiger partial charge in [-0.3, -0.25) is 0 Å². The van der Waals surface area contributed by atoms with Crippen LogP contribution in [0.4, 0.5) is 11.5 Å². The Morgan fingerprint density at radius 1 is 1.25 bits per heavy atom. The molecule has 0 atom stereocenters. The molecule has 0 aliphatic rings. The second kappa shape index (κ2) is 4.94. The number of benzene rings is 1. The lowest BCUT2D eigenvalue weighted by Gasteiger charge is -2.07. The van der Waals surface area contributed by atoms with E-state index in [1.807, 2.05) is 24.3 Å². The van der Waals surface area contributed by atoms with Gasteiger partial charge in [0.1, 0.15) is 17.9 Å². The predicted octanol–water partition coefficient (Wildman–Crippen LogP) is 2.99. The van der Waals surface area contributed by atoms with Crippen molar-refractivity contribution in [3.63, 3.8) is 0 Å². The maximum atomic E-state index is 5.08. The Labute approximate surface area is 102 Å². The number of halogens is 1. The monoisotopic (exact) mass is 279 g/mol. The van der Waals surface area contributed by atoms with Gasteiger partial charge in [-0.2, -0.15) is 0 Å². The van der Waals surface area contributed by atoms with Gasteiger partial charge in [0, 0.05) is 11.9 Å². The summed E-state index contributed by atoms with van der Waals surface area (Å²) in [5.41, 5.74) is 0.945. The number of aromatic nitrogens is 2. The maximum absolute atomic E-state index is 5.08. The van der Waals surface area contributed by atoms with E-state index in [-0.39, 0.29) is 0 Å². The van der Waals surface area contributed by atoms with Crippen molar-refractivity contribution in [2.45, 2.75) is 0 Å². The molecule has 0 radical (unpaired) electrons. The fraction of sp³-hybridized carbons (Fsp3) is 0.0909. The highest BCUT2D eigenvalue weighted by atomic mass is 79.9. The minimum absolute atomic E-state index is 0.736. The van der Waals surface area contributed by atoms with Crippen molar-refractivity contribution in [3.05, 3.63) is 41.3 Å². The average molecular weight is 280 g/mol. The SMILES string of the molecule is COc1ccc(Nc2ncncc2Br)cc1. The lowest BCUT2D eigenvalue weighted by atomic mass is 10.3. The first-order valence-corrected chi connectivity index (χ1v) is 5.45. The summed E-state index contributed by atoms with van der Waals surface area (Å²) in [5, 5.41) is 3.17. The molecular weight excluding hydrogens is 270 g/mol. The highest BCUT2D eigenvalue weighted by Crippen LogP contribution is 2.23. The number of hydrogen-bond acceptors (Lipinski definition) is 4. The first-order chi connectivity index (χ1) is 7.79. The van der Waals surface area contributed by atoms with Crippen LogP contribution in [0, 0.1) is 0 Å². The Bertz CT molecular complexity index is 473. The van der Waals surface area contributed by atoms with E-state index >= 15 is 0 Å². The van der Waals surface area contributed by atoms with Crippen LogP contribution in [-0.4, -0.2) is 17.1 Å². The van der Waals surface area contributed by atoms with Gasteiger partial charge in [-0.25, -0.2) is 9.97 Å². The van der Waals surface area contributed by atoms with Gasteiger partial charge in [-0.15, -0.1) is 0 Å². The first kappa shape index (κ1) is 10.9. The Morgan fingerprint density at radius 2 is 2.00 bits per heavy atom. The fourth-order valence-electron chi connectivity index (χ4n) is 1.22. The number of nitrogens with zero attached hydrogens (tertiary/aromatic N) is 2. The Kier molecular flexibility index (Phi) is 3.36. The molecule has 16 heavy (non-hydrogen) atoms. The summed E-state index contributed by atoms with van der Waals surface area (Å²) in [5.74, 6) is 1.56. The van der Waals surface area contributed by atoms with Gasteiger partial charge in [0.25, 0.3) is 0 Å². The molecule has 0 aliphatic carbocycles. The quantitative estimate of drug-likeness (QED) is 0.938. The molecular formula is C11H10BrN3O. The van der Waals surface area contributed by atoms with Crippen molar-refractivity contribution in [2.24, 2.45) is 0 Å². The highest BCUT2D eigenvalue weighted by molar-refractivity contribution is 9.10. The Balaban J connectivity index is 2.18. The van der Waals surface area contributed by atoms with Crippen LogP contribution >= 0.6 is 15.9 Å². The van der Waals surface area contributed by atoms with E-state index in [0.717, 1.165) is 21.7 Å². The Hall–Kier alpha value is -1.62. The van der Waals surface area contributed by atoms with Gasteiger partial charge in [-0.05, 0) is 40.2 Å². The fourth-order valence-corrected chi connectivity index (χ4v) is 1.54. The third-order valence-corrected chi connectivity index (χ3v) is 2.60. The standard InChI is InChI=1S/C11H10BrN3O/c1-16-9-4-2-8(3-5-9)15-11-10(12)6-13-7-14-11/h2-7H,1H3,(H,13,14,15). The van der Waals surface area contributed by atoms with Crippen LogP contribution in [0.2, 0.25) is 0 Å². The number of anilines is 2. The summed E-state index contributed by atoms with van der Waals surface area (Å²) >= 11 is 3.37. The summed E-state index contributed by atoms with van der Waals surface area (Å²) in [6.45, 7) is 0. The predicted molar refractivity (Wildman–Crippen MR) is 66.0 cm³/mol. The van der Waals surface area contributed by atoms with Gasteiger partial charge >= 0.3 is 0 Å². The van der Waals surface area contributed by atoms with Crippen LogP contribution < -0.4 is 10.1 Å².